The van der Waals surface area contributed by atoms with Gasteiger partial charge in [-0.2, -0.15) is 13.2 Å². The first-order chi connectivity index (χ1) is 15.0. The van der Waals surface area contributed by atoms with Crippen LogP contribution in [0.2, 0.25) is 5.02 Å². The Kier molecular flexibility index (Phi) is 6.04. The lowest BCUT2D eigenvalue weighted by molar-refractivity contribution is -0.137. The Hall–Kier alpha value is -3.00. The molecule has 15 heteroatoms. The molecule has 3 N–H and O–H groups in total. The second-order valence-corrected chi connectivity index (χ2v) is 9.76. The van der Waals surface area contributed by atoms with E-state index in [-0.39, 0.29) is 5.69 Å². The third-order valence-electron chi connectivity index (χ3n) is 4.86. The molecule has 0 aliphatic carbocycles. The first-order valence-corrected chi connectivity index (χ1v) is 10.9. The van der Waals surface area contributed by atoms with Crippen molar-refractivity contribution in [2.75, 3.05) is 18.1 Å². The average molecular weight is 512 g/mol. The Labute approximate surface area is 189 Å². The van der Waals surface area contributed by atoms with E-state index in [1.54, 1.807) is 0 Å². The fourth-order valence-electron chi connectivity index (χ4n) is 3.13. The molecule has 33 heavy (non-hydrogen) atoms. The monoisotopic (exact) mass is 511 g/mol. The fraction of sp³-hybridized carbons (Fsp3) is 0.278. The zero-order valence-electron chi connectivity index (χ0n) is 16.8. The lowest BCUT2D eigenvalue weighted by atomic mass is 9.92. The van der Waals surface area contributed by atoms with Crippen LogP contribution in [0.3, 0.4) is 0 Å². The van der Waals surface area contributed by atoms with Crippen molar-refractivity contribution in [1.82, 2.24) is 14.6 Å². The van der Waals surface area contributed by atoms with Gasteiger partial charge in [0.05, 0.1) is 21.9 Å². The number of alkyl halides is 3. The van der Waals surface area contributed by atoms with E-state index in [1.165, 1.54) is 6.92 Å². The van der Waals surface area contributed by atoms with Crippen LogP contribution in [0.1, 0.15) is 28.5 Å². The van der Waals surface area contributed by atoms with E-state index >= 15 is 0 Å². The SMILES string of the molecule is CN1C(=N)N[C@](C)(c2cc(NC(=O)c3ncc(C(F)(F)F)cc3Cl)cc(F)c2F)CS1(=O)=O. The predicted octanol–water partition coefficient (Wildman–Crippen LogP) is 3.30. The molecule has 1 amide bonds. The minimum absolute atomic E-state index is 0.349. The number of benzene rings is 1. The molecule has 0 spiro atoms. The number of carbonyl (C=O) groups excluding carboxylic acids is 1. The number of carbonyl (C=O) groups is 1. The molecule has 2 heterocycles. The Morgan fingerprint density at radius 2 is 1.94 bits per heavy atom. The van der Waals surface area contributed by atoms with Gasteiger partial charge in [-0.3, -0.25) is 10.2 Å². The van der Waals surface area contributed by atoms with Crippen LogP contribution < -0.4 is 10.6 Å². The second kappa shape index (κ2) is 8.09. The van der Waals surface area contributed by atoms with Gasteiger partial charge in [0, 0.05) is 30.6 Å². The van der Waals surface area contributed by atoms with Gasteiger partial charge in [-0.25, -0.2) is 26.5 Å². The molecule has 8 nitrogen and oxygen atoms in total. The van der Waals surface area contributed by atoms with Crippen molar-refractivity contribution in [1.29, 1.82) is 5.41 Å². The third-order valence-corrected chi connectivity index (χ3v) is 7.11. The molecule has 1 aliphatic heterocycles. The largest absolute Gasteiger partial charge is 0.417 e. The van der Waals surface area contributed by atoms with Gasteiger partial charge in [0.1, 0.15) is 5.69 Å². The summed E-state index contributed by atoms with van der Waals surface area (Å²) in [7, 11) is -2.94. The lowest BCUT2D eigenvalue weighted by Crippen LogP contribution is -2.61. The van der Waals surface area contributed by atoms with Crippen LogP contribution in [0.4, 0.5) is 27.6 Å². The van der Waals surface area contributed by atoms with E-state index in [2.05, 4.69) is 15.6 Å². The molecule has 178 valence electrons. The van der Waals surface area contributed by atoms with Gasteiger partial charge in [0.15, 0.2) is 11.6 Å². The van der Waals surface area contributed by atoms with Crippen molar-refractivity contribution in [3.63, 3.8) is 0 Å². The Morgan fingerprint density at radius 3 is 2.48 bits per heavy atom. The first kappa shape index (κ1) is 24.6. The van der Waals surface area contributed by atoms with Gasteiger partial charge in [-0.1, -0.05) is 11.6 Å². The van der Waals surface area contributed by atoms with Crippen molar-refractivity contribution in [3.8, 4) is 0 Å². The van der Waals surface area contributed by atoms with Gasteiger partial charge >= 0.3 is 6.18 Å². The quantitative estimate of drug-likeness (QED) is 0.547. The summed E-state index contributed by atoms with van der Waals surface area (Å²) in [5.74, 6) is -5.30. The third kappa shape index (κ3) is 4.71. The number of nitrogens with one attached hydrogen (secondary N) is 3. The highest BCUT2D eigenvalue weighted by molar-refractivity contribution is 7.89. The number of sulfonamides is 1. The van der Waals surface area contributed by atoms with Crippen molar-refractivity contribution < 1.29 is 35.2 Å². The second-order valence-electron chi connectivity index (χ2n) is 7.36. The maximum atomic E-state index is 14.6. The van der Waals surface area contributed by atoms with Crippen LogP contribution in [-0.2, 0) is 21.7 Å². The highest BCUT2D eigenvalue weighted by Crippen LogP contribution is 2.34. The van der Waals surface area contributed by atoms with Gasteiger partial charge < -0.3 is 10.6 Å². The molecule has 1 atom stereocenters. The number of hydrogen-bond donors (Lipinski definition) is 3. The average Bonchev–Trinajstić information content (AvgIpc) is 2.67. The summed E-state index contributed by atoms with van der Waals surface area (Å²) in [5.41, 5.74) is -4.44. The van der Waals surface area contributed by atoms with Crippen molar-refractivity contribution in [3.05, 3.63) is 57.9 Å². The summed E-state index contributed by atoms with van der Waals surface area (Å²) < 4.78 is 92.5. The smallest absolute Gasteiger partial charge is 0.345 e. The van der Waals surface area contributed by atoms with Crippen LogP contribution >= 0.6 is 11.6 Å². The number of nitrogens with zero attached hydrogens (tertiary/aromatic N) is 2. The Bertz CT molecular complexity index is 1270. The number of amides is 1. The molecule has 1 aliphatic rings. The molecule has 0 bridgehead atoms. The minimum atomic E-state index is -4.74. The summed E-state index contributed by atoms with van der Waals surface area (Å²) in [6.07, 6.45) is -4.36. The van der Waals surface area contributed by atoms with E-state index in [9.17, 15) is 35.2 Å². The summed E-state index contributed by atoms with van der Waals surface area (Å²) >= 11 is 5.73. The van der Waals surface area contributed by atoms with Crippen molar-refractivity contribution in [2.45, 2.75) is 18.6 Å². The molecule has 1 aromatic carbocycles. The predicted molar refractivity (Wildman–Crippen MR) is 108 cm³/mol. The molecule has 0 saturated carbocycles. The summed E-state index contributed by atoms with van der Waals surface area (Å²) in [6, 6.07) is 2.02. The van der Waals surface area contributed by atoms with Crippen LogP contribution in [0, 0.1) is 17.0 Å². The van der Waals surface area contributed by atoms with E-state index < -0.39 is 72.8 Å². The molecule has 0 radical (unpaired) electrons. The number of hydrogen-bond acceptors (Lipinski definition) is 5. The van der Waals surface area contributed by atoms with Crippen LogP contribution in [0.25, 0.3) is 0 Å². The molecule has 3 rings (SSSR count). The van der Waals surface area contributed by atoms with Crippen molar-refractivity contribution >= 4 is 39.2 Å². The summed E-state index contributed by atoms with van der Waals surface area (Å²) in [6.45, 7) is 1.23. The molecule has 1 saturated heterocycles. The Balaban J connectivity index is 1.97. The molecular formula is C18H15ClF5N5O3S. The summed E-state index contributed by atoms with van der Waals surface area (Å²) in [5, 5.41) is 11.8. The molecular weight excluding hydrogens is 497 g/mol. The van der Waals surface area contributed by atoms with E-state index in [1.807, 2.05) is 0 Å². The molecule has 1 aromatic heterocycles. The number of pyridine rings is 1. The van der Waals surface area contributed by atoms with Crippen LogP contribution in [0.15, 0.2) is 24.4 Å². The Morgan fingerprint density at radius 1 is 1.30 bits per heavy atom. The van der Waals surface area contributed by atoms with Gasteiger partial charge in [-0.15, -0.1) is 0 Å². The maximum absolute atomic E-state index is 14.6. The number of rotatable bonds is 3. The van der Waals surface area contributed by atoms with E-state index in [0.717, 1.165) is 13.1 Å². The molecule has 1 fully saturated rings. The molecule has 0 unspecified atom stereocenters. The van der Waals surface area contributed by atoms with Gasteiger partial charge in [0.25, 0.3) is 5.91 Å². The normalized spacial score (nSPS) is 20.4. The van der Waals surface area contributed by atoms with Crippen molar-refractivity contribution in [2.24, 2.45) is 0 Å². The van der Waals surface area contributed by atoms with E-state index in [4.69, 9.17) is 17.0 Å². The van der Waals surface area contributed by atoms with Crippen LogP contribution in [-0.4, -0.2) is 42.4 Å². The zero-order valence-corrected chi connectivity index (χ0v) is 18.4. The zero-order chi connectivity index (χ0) is 24.9. The number of guanidine groups is 1. The van der Waals surface area contributed by atoms with Crippen LogP contribution in [0.5, 0.6) is 0 Å². The minimum Gasteiger partial charge on any atom is -0.345 e. The molecule has 2 aromatic rings. The van der Waals surface area contributed by atoms with Gasteiger partial charge in [0.2, 0.25) is 16.0 Å². The first-order valence-electron chi connectivity index (χ1n) is 8.92. The number of halogens is 6. The fourth-order valence-corrected chi connectivity index (χ4v) is 4.86. The topological polar surface area (TPSA) is 115 Å². The summed E-state index contributed by atoms with van der Waals surface area (Å²) in [4.78, 5) is 15.8. The highest BCUT2D eigenvalue weighted by atomic mass is 35.5. The lowest BCUT2D eigenvalue weighted by Gasteiger charge is -2.40. The highest BCUT2D eigenvalue weighted by Gasteiger charge is 2.44. The standard InChI is InChI=1S/C18H15ClF5N5O3S/c1-17(7-33(31,32)29(2)16(25)28-17)10-4-9(5-12(20)13(10)21)27-15(30)14-11(19)3-8(6-26-14)18(22,23)24/h3-6H,7H2,1-2H3,(H2,25,28)(H,27,30)/t17-/m0/s1. The number of anilines is 1. The van der Waals surface area contributed by atoms with E-state index in [0.29, 0.717) is 22.6 Å². The number of aromatic nitrogens is 1. The maximum Gasteiger partial charge on any atom is 0.417 e. The van der Waals surface area contributed by atoms with Gasteiger partial charge in [-0.05, 0) is 19.1 Å².